The molecule has 0 bridgehead atoms. The van der Waals surface area contributed by atoms with Crippen molar-refractivity contribution in [2.24, 2.45) is 17.4 Å². The molecule has 0 unspecified atom stereocenters. The van der Waals surface area contributed by atoms with Gasteiger partial charge in [0.1, 0.15) is 0 Å². The molecule has 5 N–H and O–H groups in total. The van der Waals surface area contributed by atoms with Crippen molar-refractivity contribution in [1.29, 1.82) is 0 Å². The number of Topliss-reactive ketones (excluding diaryl/α,β-unsaturated/α-hetero) is 1. The number of ether oxygens (including phenoxy) is 1. The summed E-state index contributed by atoms with van der Waals surface area (Å²) in [5, 5.41) is 9.11. The maximum Gasteiger partial charge on any atom is 0.334 e. The minimum Gasteiger partial charge on any atom is -0.481 e. The molecule has 33 heavy (non-hydrogen) atoms. The van der Waals surface area contributed by atoms with Crippen LogP contribution in [0, 0.1) is 5.92 Å². The molecule has 0 saturated heterocycles. The molecule has 1 fully saturated rings. The first-order valence-electron chi connectivity index (χ1n) is 11.4. The fourth-order valence-electron chi connectivity index (χ4n) is 4.54. The van der Waals surface area contributed by atoms with Crippen molar-refractivity contribution in [3.8, 4) is 0 Å². The van der Waals surface area contributed by atoms with E-state index in [2.05, 4.69) is 0 Å². The molecule has 0 aromatic heterocycles. The van der Waals surface area contributed by atoms with E-state index < -0.39 is 41.8 Å². The zero-order valence-corrected chi connectivity index (χ0v) is 18.7. The predicted molar refractivity (Wildman–Crippen MR) is 124 cm³/mol. The second kappa shape index (κ2) is 11.2. The minimum absolute atomic E-state index is 0.0733. The third-order valence-corrected chi connectivity index (χ3v) is 6.30. The van der Waals surface area contributed by atoms with Crippen LogP contribution in [0.3, 0.4) is 0 Å². The Hall–Kier alpha value is -3.03. The van der Waals surface area contributed by atoms with E-state index >= 15 is 0 Å². The number of carboxylic acid groups (broad SMARTS) is 1. The fraction of sp³-hybridized carbons (Fsp3) is 0.423. The molecule has 0 radical (unpaired) electrons. The molecule has 1 aliphatic carbocycles. The Balaban J connectivity index is 1.92. The summed E-state index contributed by atoms with van der Waals surface area (Å²) in [6.07, 6.45) is 3.55. The highest BCUT2D eigenvalue weighted by atomic mass is 16.5. The number of aliphatic carboxylic acids is 1. The average molecular weight is 453 g/mol. The Morgan fingerprint density at radius 3 is 1.94 bits per heavy atom. The van der Waals surface area contributed by atoms with Crippen molar-refractivity contribution in [3.05, 3.63) is 71.8 Å². The van der Waals surface area contributed by atoms with Crippen molar-refractivity contribution >= 4 is 17.7 Å². The van der Waals surface area contributed by atoms with Crippen LogP contribution in [0.1, 0.15) is 62.2 Å². The van der Waals surface area contributed by atoms with Crippen LogP contribution in [0.2, 0.25) is 0 Å². The Kier molecular flexibility index (Phi) is 8.36. The van der Waals surface area contributed by atoms with Gasteiger partial charge in [0.25, 0.3) is 0 Å². The number of esters is 1. The monoisotopic (exact) mass is 452 g/mol. The van der Waals surface area contributed by atoms with E-state index in [9.17, 15) is 14.4 Å². The first-order valence-corrected chi connectivity index (χ1v) is 11.4. The van der Waals surface area contributed by atoms with Crippen LogP contribution in [0.15, 0.2) is 60.7 Å². The maximum absolute atomic E-state index is 13.6. The van der Waals surface area contributed by atoms with E-state index in [0.717, 1.165) is 43.2 Å². The molecular weight excluding hydrogens is 420 g/mol. The van der Waals surface area contributed by atoms with Gasteiger partial charge in [-0.3, -0.25) is 9.59 Å². The van der Waals surface area contributed by atoms with E-state index in [1.807, 2.05) is 60.7 Å². The smallest absolute Gasteiger partial charge is 0.334 e. The predicted octanol–water partition coefficient (Wildman–Crippen LogP) is 3.36. The fourth-order valence-corrected chi connectivity index (χ4v) is 4.54. The van der Waals surface area contributed by atoms with Gasteiger partial charge in [0.05, 0.1) is 12.5 Å². The Morgan fingerprint density at radius 1 is 0.939 bits per heavy atom. The van der Waals surface area contributed by atoms with Gasteiger partial charge in [-0.15, -0.1) is 0 Å². The Labute approximate surface area is 194 Å². The summed E-state index contributed by atoms with van der Waals surface area (Å²) in [4.78, 5) is 38.0. The highest BCUT2D eigenvalue weighted by Gasteiger charge is 2.48. The highest BCUT2D eigenvalue weighted by molar-refractivity contribution is 6.11. The normalized spacial score (nSPS) is 17.2. The van der Waals surface area contributed by atoms with E-state index in [0.29, 0.717) is 0 Å². The van der Waals surface area contributed by atoms with Crippen LogP contribution >= 0.6 is 0 Å². The van der Waals surface area contributed by atoms with Gasteiger partial charge >= 0.3 is 11.9 Å². The number of carboxylic acids is 1. The third kappa shape index (κ3) is 6.27. The standard InChI is InChI=1S/C26H32N2O5/c27-21(16-22(29)30)24(31)26(28,17-18-10-4-1-5-11-18)25(32)33-23(19-12-6-2-7-13-19)20-14-8-3-9-15-20/h2-3,6-9,12-15,18,21,23H,1,4-5,10-11,16-17,27-28H2,(H,29,30)/t21-,26+/m0/s1. The number of hydrogen-bond donors (Lipinski definition) is 3. The lowest BCUT2D eigenvalue weighted by molar-refractivity contribution is -0.159. The van der Waals surface area contributed by atoms with Gasteiger partial charge in [-0.05, 0) is 23.5 Å². The summed E-state index contributed by atoms with van der Waals surface area (Å²) in [7, 11) is 0. The lowest BCUT2D eigenvalue weighted by Gasteiger charge is -2.34. The second-order valence-electron chi connectivity index (χ2n) is 8.85. The molecule has 1 saturated carbocycles. The molecule has 7 heteroatoms. The number of hydrogen-bond acceptors (Lipinski definition) is 6. The summed E-state index contributed by atoms with van der Waals surface area (Å²) in [5.74, 6) is -2.82. The molecule has 0 heterocycles. The largest absolute Gasteiger partial charge is 0.481 e. The number of carbonyl (C=O) groups excluding carboxylic acids is 2. The van der Waals surface area contributed by atoms with Crippen LogP contribution < -0.4 is 11.5 Å². The molecular formula is C26H32N2O5. The van der Waals surface area contributed by atoms with Crippen molar-refractivity contribution in [1.82, 2.24) is 0 Å². The van der Waals surface area contributed by atoms with Gasteiger partial charge in [0, 0.05) is 0 Å². The zero-order chi connectivity index (χ0) is 23.8. The number of rotatable bonds is 10. The van der Waals surface area contributed by atoms with Crippen LogP contribution in [-0.4, -0.2) is 34.4 Å². The lowest BCUT2D eigenvalue weighted by atomic mass is 9.76. The minimum atomic E-state index is -2.02. The van der Waals surface area contributed by atoms with Gasteiger partial charge in [-0.2, -0.15) is 0 Å². The first-order chi connectivity index (χ1) is 15.8. The van der Waals surface area contributed by atoms with Gasteiger partial charge < -0.3 is 21.3 Å². The van der Waals surface area contributed by atoms with Gasteiger partial charge in [0.15, 0.2) is 17.4 Å². The zero-order valence-electron chi connectivity index (χ0n) is 18.7. The molecule has 0 spiro atoms. The average Bonchev–Trinajstić information content (AvgIpc) is 2.83. The van der Waals surface area contributed by atoms with Crippen molar-refractivity contribution in [2.45, 2.75) is 62.6 Å². The van der Waals surface area contributed by atoms with Crippen LogP contribution in [0.25, 0.3) is 0 Å². The topological polar surface area (TPSA) is 133 Å². The third-order valence-electron chi connectivity index (χ3n) is 6.30. The molecule has 2 aromatic carbocycles. The molecule has 0 amide bonds. The van der Waals surface area contributed by atoms with Gasteiger partial charge in [-0.1, -0.05) is 92.8 Å². The number of nitrogens with two attached hydrogens (primary N) is 2. The number of ketones is 1. The summed E-state index contributed by atoms with van der Waals surface area (Å²) in [5.41, 5.74) is 11.8. The molecule has 3 rings (SSSR count). The van der Waals surface area contributed by atoms with Gasteiger partial charge in [0.2, 0.25) is 0 Å². The van der Waals surface area contributed by atoms with E-state index in [4.69, 9.17) is 21.3 Å². The lowest BCUT2D eigenvalue weighted by Crippen LogP contribution is -2.62. The first kappa shape index (κ1) is 24.6. The van der Waals surface area contributed by atoms with Crippen molar-refractivity contribution in [3.63, 3.8) is 0 Å². The maximum atomic E-state index is 13.6. The Bertz CT molecular complexity index is 904. The molecule has 1 aliphatic rings. The molecule has 176 valence electrons. The second-order valence-corrected chi connectivity index (χ2v) is 8.85. The van der Waals surface area contributed by atoms with Crippen LogP contribution in [-0.2, 0) is 19.1 Å². The molecule has 2 aromatic rings. The molecule has 2 atom stereocenters. The van der Waals surface area contributed by atoms with Crippen LogP contribution in [0.4, 0.5) is 0 Å². The summed E-state index contributed by atoms with van der Waals surface area (Å²) >= 11 is 0. The molecule has 7 nitrogen and oxygen atoms in total. The van der Waals surface area contributed by atoms with E-state index in [-0.39, 0.29) is 12.3 Å². The van der Waals surface area contributed by atoms with Gasteiger partial charge in [-0.25, -0.2) is 4.79 Å². The number of benzene rings is 2. The Morgan fingerprint density at radius 2 is 1.45 bits per heavy atom. The SMILES string of the molecule is N[C@@H](CC(=O)O)C(=O)[C@](N)(CC1CCCCC1)C(=O)OC(c1ccccc1)c1ccccc1. The van der Waals surface area contributed by atoms with E-state index in [1.54, 1.807) is 0 Å². The van der Waals surface area contributed by atoms with Crippen molar-refractivity contribution in [2.75, 3.05) is 0 Å². The quantitative estimate of drug-likeness (QED) is 0.372. The number of carbonyl (C=O) groups is 3. The highest BCUT2D eigenvalue weighted by Crippen LogP contribution is 2.34. The van der Waals surface area contributed by atoms with Crippen molar-refractivity contribution < 1.29 is 24.2 Å². The summed E-state index contributed by atoms with van der Waals surface area (Å²) < 4.78 is 5.92. The molecule has 0 aliphatic heterocycles. The van der Waals surface area contributed by atoms with E-state index in [1.165, 1.54) is 0 Å². The summed E-state index contributed by atoms with van der Waals surface area (Å²) in [6, 6.07) is 17.0. The van der Waals surface area contributed by atoms with Crippen LogP contribution in [0.5, 0.6) is 0 Å². The summed E-state index contributed by atoms with van der Waals surface area (Å²) in [6.45, 7) is 0.